The van der Waals surface area contributed by atoms with Gasteiger partial charge in [-0.05, 0) is 31.7 Å². The third-order valence-corrected chi connectivity index (χ3v) is 3.46. The Balaban J connectivity index is 2.09. The molecule has 1 fully saturated rings. The molecule has 1 N–H and O–H groups in total. The molecule has 1 aromatic carbocycles. The summed E-state index contributed by atoms with van der Waals surface area (Å²) in [5.74, 6) is 1.23. The summed E-state index contributed by atoms with van der Waals surface area (Å²) in [7, 11) is 0. The Morgan fingerprint density at radius 3 is 2.80 bits per heavy atom. The Morgan fingerprint density at radius 1 is 1.33 bits per heavy atom. The van der Waals surface area contributed by atoms with Crippen LogP contribution in [0.5, 0.6) is 5.75 Å². The SMILES string of the molecule is CC(C1CC1)n1cc2cccc(O)c2c1. The van der Waals surface area contributed by atoms with Crippen LogP contribution in [-0.4, -0.2) is 9.67 Å². The number of phenols is 1. The van der Waals surface area contributed by atoms with E-state index in [0.717, 1.165) is 16.7 Å². The van der Waals surface area contributed by atoms with Crippen molar-refractivity contribution in [1.29, 1.82) is 0 Å². The van der Waals surface area contributed by atoms with Crippen molar-refractivity contribution in [2.75, 3.05) is 0 Å². The fourth-order valence-corrected chi connectivity index (χ4v) is 2.23. The van der Waals surface area contributed by atoms with Crippen molar-refractivity contribution in [2.24, 2.45) is 5.92 Å². The highest BCUT2D eigenvalue weighted by Gasteiger charge is 2.28. The topological polar surface area (TPSA) is 25.2 Å². The van der Waals surface area contributed by atoms with Gasteiger partial charge in [0.25, 0.3) is 0 Å². The van der Waals surface area contributed by atoms with E-state index >= 15 is 0 Å². The molecular formula is C13H15NO. The molecule has 1 unspecified atom stereocenters. The monoisotopic (exact) mass is 201 g/mol. The minimum Gasteiger partial charge on any atom is -0.507 e. The molecule has 0 saturated heterocycles. The number of nitrogens with zero attached hydrogens (tertiary/aromatic N) is 1. The number of aromatic nitrogens is 1. The number of phenolic OH excluding ortho intramolecular Hbond substituents is 1. The fourth-order valence-electron chi connectivity index (χ4n) is 2.23. The summed E-state index contributed by atoms with van der Waals surface area (Å²) >= 11 is 0. The molecule has 1 aliphatic rings. The van der Waals surface area contributed by atoms with Crippen molar-refractivity contribution < 1.29 is 5.11 Å². The highest BCUT2D eigenvalue weighted by atomic mass is 16.3. The van der Waals surface area contributed by atoms with Crippen molar-refractivity contribution in [3.63, 3.8) is 0 Å². The fraction of sp³-hybridized carbons (Fsp3) is 0.385. The molecule has 1 aliphatic carbocycles. The van der Waals surface area contributed by atoms with E-state index in [0.29, 0.717) is 11.8 Å². The van der Waals surface area contributed by atoms with Gasteiger partial charge in [-0.15, -0.1) is 0 Å². The standard InChI is InChI=1S/C13H15NO/c1-9(10-5-6-10)14-7-11-3-2-4-13(15)12(11)8-14/h2-4,7-10,15H,5-6H2,1H3. The number of fused-ring (bicyclic) bond motifs is 1. The molecule has 2 aromatic rings. The Kier molecular flexibility index (Phi) is 1.78. The average molecular weight is 201 g/mol. The van der Waals surface area contributed by atoms with E-state index in [9.17, 15) is 5.11 Å². The van der Waals surface area contributed by atoms with Crippen molar-refractivity contribution >= 4 is 10.8 Å². The van der Waals surface area contributed by atoms with E-state index in [4.69, 9.17) is 0 Å². The quantitative estimate of drug-likeness (QED) is 0.792. The van der Waals surface area contributed by atoms with Crippen LogP contribution < -0.4 is 0 Å². The lowest BCUT2D eigenvalue weighted by atomic mass is 10.2. The van der Waals surface area contributed by atoms with Gasteiger partial charge in [0.05, 0.1) is 0 Å². The molecule has 1 aromatic heterocycles. The maximum atomic E-state index is 9.71. The van der Waals surface area contributed by atoms with Crippen molar-refractivity contribution in [2.45, 2.75) is 25.8 Å². The van der Waals surface area contributed by atoms with Gasteiger partial charge in [-0.1, -0.05) is 12.1 Å². The van der Waals surface area contributed by atoms with Crippen LogP contribution in [0.2, 0.25) is 0 Å². The predicted molar refractivity (Wildman–Crippen MR) is 61.0 cm³/mol. The zero-order chi connectivity index (χ0) is 10.4. The first kappa shape index (κ1) is 8.84. The molecule has 1 saturated carbocycles. The summed E-state index contributed by atoms with van der Waals surface area (Å²) in [6.45, 7) is 2.26. The van der Waals surface area contributed by atoms with Crippen molar-refractivity contribution in [3.8, 4) is 5.75 Å². The number of hydrogen-bond donors (Lipinski definition) is 1. The average Bonchev–Trinajstić information content (AvgIpc) is 2.97. The Labute approximate surface area is 89.1 Å². The molecule has 0 amide bonds. The van der Waals surface area contributed by atoms with Gasteiger partial charge in [-0.3, -0.25) is 0 Å². The molecule has 2 nitrogen and oxygen atoms in total. The minimum atomic E-state index is 0.384. The lowest BCUT2D eigenvalue weighted by molar-refractivity contribution is 0.478. The molecule has 3 rings (SSSR count). The molecular weight excluding hydrogens is 186 g/mol. The lowest BCUT2D eigenvalue weighted by Crippen LogP contribution is -2.03. The first-order valence-corrected chi connectivity index (χ1v) is 5.55. The van der Waals surface area contributed by atoms with Crippen LogP contribution in [0.15, 0.2) is 30.6 Å². The number of benzene rings is 1. The smallest absolute Gasteiger partial charge is 0.124 e. The van der Waals surface area contributed by atoms with E-state index in [2.05, 4.69) is 23.9 Å². The Hall–Kier alpha value is -1.44. The van der Waals surface area contributed by atoms with Crippen LogP contribution in [0.25, 0.3) is 10.8 Å². The zero-order valence-electron chi connectivity index (χ0n) is 8.85. The number of rotatable bonds is 2. The van der Waals surface area contributed by atoms with E-state index < -0.39 is 0 Å². The first-order chi connectivity index (χ1) is 7.25. The van der Waals surface area contributed by atoms with E-state index in [1.165, 1.54) is 12.8 Å². The summed E-state index contributed by atoms with van der Waals surface area (Å²) < 4.78 is 2.24. The second-order valence-corrected chi connectivity index (χ2v) is 4.56. The Bertz CT molecular complexity index is 496. The molecule has 78 valence electrons. The molecule has 0 radical (unpaired) electrons. The normalized spacial score (nSPS) is 18.2. The zero-order valence-corrected chi connectivity index (χ0v) is 8.85. The third-order valence-electron chi connectivity index (χ3n) is 3.46. The maximum absolute atomic E-state index is 9.71. The largest absolute Gasteiger partial charge is 0.507 e. The highest BCUT2D eigenvalue weighted by Crippen LogP contribution is 2.40. The van der Waals surface area contributed by atoms with Gasteiger partial charge >= 0.3 is 0 Å². The second kappa shape index (κ2) is 3.02. The van der Waals surface area contributed by atoms with Crippen molar-refractivity contribution in [1.82, 2.24) is 4.57 Å². The first-order valence-electron chi connectivity index (χ1n) is 5.55. The molecule has 2 heteroatoms. The van der Waals surface area contributed by atoms with Gasteiger partial charge in [-0.2, -0.15) is 0 Å². The summed E-state index contributed by atoms with van der Waals surface area (Å²) in [5.41, 5.74) is 0. The van der Waals surface area contributed by atoms with Gasteiger partial charge in [0, 0.05) is 29.2 Å². The number of hydrogen-bond acceptors (Lipinski definition) is 1. The van der Waals surface area contributed by atoms with Crippen LogP contribution in [0.4, 0.5) is 0 Å². The molecule has 1 atom stereocenters. The van der Waals surface area contributed by atoms with Gasteiger partial charge < -0.3 is 9.67 Å². The van der Waals surface area contributed by atoms with Crippen LogP contribution in [-0.2, 0) is 0 Å². The maximum Gasteiger partial charge on any atom is 0.124 e. The van der Waals surface area contributed by atoms with Crippen LogP contribution >= 0.6 is 0 Å². The van der Waals surface area contributed by atoms with Crippen LogP contribution in [0.1, 0.15) is 25.8 Å². The van der Waals surface area contributed by atoms with Gasteiger partial charge in [0.1, 0.15) is 5.75 Å². The van der Waals surface area contributed by atoms with E-state index in [-0.39, 0.29) is 0 Å². The summed E-state index contributed by atoms with van der Waals surface area (Å²) in [6.07, 6.45) is 6.90. The lowest BCUT2D eigenvalue weighted by Gasteiger charge is -2.11. The van der Waals surface area contributed by atoms with Gasteiger partial charge in [0.2, 0.25) is 0 Å². The van der Waals surface area contributed by atoms with Crippen molar-refractivity contribution in [3.05, 3.63) is 30.6 Å². The van der Waals surface area contributed by atoms with Crippen LogP contribution in [0, 0.1) is 5.92 Å². The van der Waals surface area contributed by atoms with Gasteiger partial charge in [-0.25, -0.2) is 0 Å². The van der Waals surface area contributed by atoms with Crippen LogP contribution in [0.3, 0.4) is 0 Å². The summed E-state index contributed by atoms with van der Waals surface area (Å²) in [6, 6.07) is 6.25. The molecule has 0 spiro atoms. The minimum absolute atomic E-state index is 0.384. The van der Waals surface area contributed by atoms with E-state index in [1.54, 1.807) is 6.07 Å². The third kappa shape index (κ3) is 1.41. The van der Waals surface area contributed by atoms with E-state index in [1.807, 2.05) is 12.1 Å². The Morgan fingerprint density at radius 2 is 2.13 bits per heavy atom. The summed E-state index contributed by atoms with van der Waals surface area (Å²) in [4.78, 5) is 0. The molecule has 0 aliphatic heterocycles. The highest BCUT2D eigenvalue weighted by molar-refractivity contribution is 5.87. The predicted octanol–water partition coefficient (Wildman–Crippen LogP) is 3.32. The summed E-state index contributed by atoms with van der Waals surface area (Å²) in [5, 5.41) is 11.8. The molecule has 0 bridgehead atoms. The molecule has 15 heavy (non-hydrogen) atoms. The molecule has 1 heterocycles. The number of aromatic hydroxyl groups is 1. The second-order valence-electron chi connectivity index (χ2n) is 4.56. The van der Waals surface area contributed by atoms with Gasteiger partial charge in [0.15, 0.2) is 0 Å².